The van der Waals surface area contributed by atoms with Crippen LogP contribution >= 0.6 is 23.1 Å². The quantitative estimate of drug-likeness (QED) is 0.207. The molecule has 0 saturated heterocycles. The number of rotatable bonds is 6. The average molecular weight is 501 g/mol. The first-order valence-corrected chi connectivity index (χ1v) is 11.1. The molecule has 0 atom stereocenters. The summed E-state index contributed by atoms with van der Waals surface area (Å²) in [6, 6.07) is 2.04. The number of carbonyl (C=O) groups excluding carboxylic acids is 1. The fourth-order valence-electron chi connectivity index (χ4n) is 2.79. The third-order valence-corrected chi connectivity index (χ3v) is 5.91. The number of carbonyl (C=O) groups is 1. The maximum atomic E-state index is 14.2. The number of hydrogen-bond acceptors (Lipinski definition) is 7. The maximum absolute atomic E-state index is 14.2. The summed E-state index contributed by atoms with van der Waals surface area (Å²) in [7, 11) is 1.24. The van der Waals surface area contributed by atoms with Crippen LogP contribution in [0.25, 0.3) is 11.3 Å². The van der Waals surface area contributed by atoms with Crippen LogP contribution < -0.4 is 16.6 Å². The second-order valence-electron chi connectivity index (χ2n) is 6.64. The first-order chi connectivity index (χ1) is 15.4. The molecule has 8 nitrogen and oxygen atoms in total. The number of hydrogen-bond donors (Lipinski definition) is 3. The molecular formula is C19H15F4N5O3S2. The van der Waals surface area contributed by atoms with Crippen LogP contribution in [0.15, 0.2) is 38.2 Å². The molecule has 14 heteroatoms. The minimum atomic E-state index is -4.69. The molecule has 0 aliphatic rings. The molecule has 2 heterocycles. The van der Waals surface area contributed by atoms with E-state index < -0.39 is 41.1 Å². The van der Waals surface area contributed by atoms with Crippen molar-refractivity contribution in [1.29, 1.82) is 5.41 Å². The van der Waals surface area contributed by atoms with Gasteiger partial charge in [-0.05, 0) is 24.5 Å². The predicted octanol–water partition coefficient (Wildman–Crippen LogP) is 3.47. The Morgan fingerprint density at radius 3 is 2.64 bits per heavy atom. The Kier molecular flexibility index (Phi) is 6.88. The molecule has 33 heavy (non-hydrogen) atoms. The van der Waals surface area contributed by atoms with Gasteiger partial charge in [0.1, 0.15) is 5.82 Å². The van der Waals surface area contributed by atoms with E-state index in [1.807, 2.05) is 0 Å². The molecule has 0 bridgehead atoms. The molecule has 2 aromatic heterocycles. The lowest BCUT2D eigenvalue weighted by Crippen LogP contribution is -2.37. The zero-order chi connectivity index (χ0) is 24.5. The molecule has 0 radical (unpaired) electrons. The largest absolute Gasteiger partial charge is 0.416 e. The molecule has 0 aliphatic heterocycles. The van der Waals surface area contributed by atoms with E-state index in [-0.39, 0.29) is 32.7 Å². The number of halogens is 4. The lowest BCUT2D eigenvalue weighted by atomic mass is 10.1. The van der Waals surface area contributed by atoms with E-state index in [1.54, 1.807) is 6.26 Å². The number of H-pyrrole nitrogens is 1. The molecule has 0 fully saturated rings. The van der Waals surface area contributed by atoms with Gasteiger partial charge in [-0.1, -0.05) is 0 Å². The van der Waals surface area contributed by atoms with Gasteiger partial charge < -0.3 is 15.7 Å². The zero-order valence-corrected chi connectivity index (χ0v) is 18.6. The summed E-state index contributed by atoms with van der Waals surface area (Å²) >= 11 is 1.95. The first kappa shape index (κ1) is 24.4. The summed E-state index contributed by atoms with van der Waals surface area (Å²) in [5.41, 5.74) is -3.12. The van der Waals surface area contributed by atoms with Crippen LogP contribution in [0.4, 0.5) is 22.7 Å². The average Bonchev–Trinajstić information content (AvgIpc) is 3.18. The Labute approximate surface area is 191 Å². The van der Waals surface area contributed by atoms with E-state index in [9.17, 15) is 31.9 Å². The summed E-state index contributed by atoms with van der Waals surface area (Å²) in [5.74, 6) is -1.82. The predicted molar refractivity (Wildman–Crippen MR) is 117 cm³/mol. The monoisotopic (exact) mass is 501 g/mol. The lowest BCUT2D eigenvalue weighted by molar-refractivity contribution is -0.137. The number of alkyl halides is 3. The number of nitrogens with zero attached hydrogens (tertiary/aromatic N) is 2. The van der Waals surface area contributed by atoms with E-state index >= 15 is 0 Å². The van der Waals surface area contributed by atoms with Crippen LogP contribution in [0.2, 0.25) is 0 Å². The fraction of sp³-hybridized carbons (Fsp3) is 0.211. The lowest BCUT2D eigenvalue weighted by Gasteiger charge is -2.09. The van der Waals surface area contributed by atoms with Gasteiger partial charge in [-0.3, -0.25) is 14.2 Å². The highest BCUT2D eigenvalue weighted by atomic mass is 32.2. The van der Waals surface area contributed by atoms with Crippen LogP contribution in [0.3, 0.4) is 0 Å². The molecule has 3 N–H and O–H groups in total. The Hall–Kier alpha value is -3.26. The van der Waals surface area contributed by atoms with E-state index in [2.05, 4.69) is 15.3 Å². The zero-order valence-electron chi connectivity index (χ0n) is 17.0. The molecule has 0 unspecified atom stereocenters. The normalized spacial score (nSPS) is 11.5. The van der Waals surface area contributed by atoms with E-state index in [0.717, 1.165) is 39.8 Å². The molecule has 3 rings (SSSR count). The second kappa shape index (κ2) is 9.31. The van der Waals surface area contributed by atoms with Crippen LogP contribution in [0, 0.1) is 11.2 Å². The van der Waals surface area contributed by atoms with E-state index in [4.69, 9.17) is 5.41 Å². The smallest absolute Gasteiger partial charge is 0.304 e. The van der Waals surface area contributed by atoms with Crippen molar-refractivity contribution in [2.45, 2.75) is 17.6 Å². The van der Waals surface area contributed by atoms with Crippen molar-refractivity contribution in [3.63, 3.8) is 0 Å². The van der Waals surface area contributed by atoms with Gasteiger partial charge in [0.2, 0.25) is 5.91 Å². The summed E-state index contributed by atoms with van der Waals surface area (Å²) in [6.07, 6.45) is -3.61. The highest BCUT2D eigenvalue weighted by Crippen LogP contribution is 2.33. The topological polar surface area (TPSA) is 121 Å². The van der Waals surface area contributed by atoms with E-state index in [1.165, 1.54) is 12.4 Å². The molecule has 174 valence electrons. The molecule has 0 aliphatic carbocycles. The van der Waals surface area contributed by atoms with Gasteiger partial charge in [0.15, 0.2) is 5.13 Å². The van der Waals surface area contributed by atoms with Gasteiger partial charge in [-0.2, -0.15) is 13.2 Å². The van der Waals surface area contributed by atoms with Crippen LogP contribution in [0.1, 0.15) is 17.5 Å². The molecule has 0 spiro atoms. The van der Waals surface area contributed by atoms with Crippen LogP contribution in [0.5, 0.6) is 0 Å². The van der Waals surface area contributed by atoms with Gasteiger partial charge in [0.05, 0.1) is 34.0 Å². The number of amides is 1. The summed E-state index contributed by atoms with van der Waals surface area (Å²) in [4.78, 5) is 42.9. The van der Waals surface area contributed by atoms with Crippen molar-refractivity contribution in [1.82, 2.24) is 14.5 Å². The van der Waals surface area contributed by atoms with Gasteiger partial charge >= 0.3 is 11.9 Å². The number of anilines is 1. The number of nitrogens with one attached hydrogen (secondary N) is 3. The van der Waals surface area contributed by atoms with Gasteiger partial charge in [-0.25, -0.2) is 14.2 Å². The summed E-state index contributed by atoms with van der Waals surface area (Å²) in [5, 5.41) is 12.1. The SMILES string of the molecule is CSc1[nH]c(=O)n(C)c(=O)c1C(=N)CC(=O)Nc1nc(-c2ccc(C(F)(F)F)cc2F)cs1. The molecule has 1 aromatic carbocycles. The number of benzene rings is 1. The van der Waals surface area contributed by atoms with Gasteiger partial charge in [0.25, 0.3) is 5.56 Å². The molecule has 1 amide bonds. The third-order valence-electron chi connectivity index (χ3n) is 4.44. The Bertz CT molecular complexity index is 1360. The van der Waals surface area contributed by atoms with Crippen LogP contribution in [-0.2, 0) is 18.0 Å². The number of aromatic amines is 1. The molecular weight excluding hydrogens is 486 g/mol. The molecule has 3 aromatic rings. The van der Waals surface area contributed by atoms with Gasteiger partial charge in [-0.15, -0.1) is 23.1 Å². The maximum Gasteiger partial charge on any atom is 0.416 e. The second-order valence-corrected chi connectivity index (χ2v) is 8.31. The third kappa shape index (κ3) is 5.22. The number of aromatic nitrogens is 3. The van der Waals surface area contributed by atoms with Crippen LogP contribution in [-0.4, -0.2) is 32.4 Å². The number of thioether (sulfide) groups is 1. The molecule has 0 saturated carbocycles. The number of thiazole rings is 1. The highest BCUT2D eigenvalue weighted by Gasteiger charge is 2.31. The Balaban J connectivity index is 1.76. The Morgan fingerprint density at radius 2 is 2.03 bits per heavy atom. The minimum Gasteiger partial charge on any atom is -0.304 e. The van der Waals surface area contributed by atoms with Crippen molar-refractivity contribution in [3.05, 3.63) is 61.4 Å². The summed E-state index contributed by atoms with van der Waals surface area (Å²) < 4.78 is 53.1. The first-order valence-electron chi connectivity index (χ1n) is 9.00. The van der Waals surface area contributed by atoms with Crippen molar-refractivity contribution < 1.29 is 22.4 Å². The van der Waals surface area contributed by atoms with Gasteiger partial charge in [0, 0.05) is 18.0 Å². The minimum absolute atomic E-state index is 0.0239. The van der Waals surface area contributed by atoms with E-state index in [0.29, 0.717) is 6.07 Å². The standard InChI is InChI=1S/C19H15F4N5O3S2/c1-28-16(30)14(15(32-2)27-18(28)31)11(24)6-13(29)26-17-25-12(7-33-17)9-4-3-8(5-10(9)20)19(21,22)23/h3-5,7,24H,6H2,1-2H3,(H,27,31)(H,25,26,29). The highest BCUT2D eigenvalue weighted by molar-refractivity contribution is 7.98. The van der Waals surface area contributed by atoms with Crippen molar-refractivity contribution in [3.8, 4) is 11.3 Å². The van der Waals surface area contributed by atoms with Crippen molar-refractivity contribution in [2.75, 3.05) is 11.6 Å². The van der Waals surface area contributed by atoms with Crippen molar-refractivity contribution in [2.24, 2.45) is 7.05 Å². The Morgan fingerprint density at radius 1 is 1.33 bits per heavy atom. The summed E-state index contributed by atoms with van der Waals surface area (Å²) in [6.45, 7) is 0. The van der Waals surface area contributed by atoms with Crippen molar-refractivity contribution >= 4 is 39.8 Å². The fourth-order valence-corrected chi connectivity index (χ4v) is 4.12.